The molecule has 20 heavy (non-hydrogen) atoms. The fourth-order valence-electron chi connectivity index (χ4n) is 1.77. The van der Waals surface area contributed by atoms with E-state index in [0.717, 1.165) is 25.5 Å². The molecular formula is C14H20N4S2. The molecule has 108 valence electrons. The molecule has 0 aliphatic carbocycles. The number of aromatic nitrogens is 1. The highest BCUT2D eigenvalue weighted by atomic mass is 32.1. The van der Waals surface area contributed by atoms with E-state index in [-0.39, 0.29) is 0 Å². The molecule has 6 heteroatoms. The van der Waals surface area contributed by atoms with Crippen molar-refractivity contribution in [2.75, 3.05) is 13.6 Å². The summed E-state index contributed by atoms with van der Waals surface area (Å²) in [5, 5.41) is 9.94. The zero-order valence-corrected chi connectivity index (χ0v) is 13.7. The van der Waals surface area contributed by atoms with Crippen LogP contribution in [0.5, 0.6) is 0 Å². The van der Waals surface area contributed by atoms with Crippen LogP contribution in [-0.4, -0.2) is 24.5 Å². The second kappa shape index (κ2) is 7.40. The van der Waals surface area contributed by atoms with E-state index >= 15 is 0 Å². The molecule has 0 unspecified atom stereocenters. The molecular weight excluding hydrogens is 288 g/mol. The third-order valence-corrected chi connectivity index (χ3v) is 4.90. The van der Waals surface area contributed by atoms with Gasteiger partial charge in [0, 0.05) is 36.0 Å². The minimum absolute atomic E-state index is 0.819. The number of nitrogens with zero attached hydrogens (tertiary/aromatic N) is 2. The average Bonchev–Trinajstić information content (AvgIpc) is 3.03. The number of hydrogen-bond donors (Lipinski definition) is 2. The molecule has 2 N–H and O–H groups in total. The van der Waals surface area contributed by atoms with E-state index in [9.17, 15) is 0 Å². The SMILES string of the molecule is CN=C(NCCc1ncc(C)s1)NCc1sccc1C. The van der Waals surface area contributed by atoms with Gasteiger partial charge >= 0.3 is 0 Å². The van der Waals surface area contributed by atoms with Gasteiger partial charge in [0.25, 0.3) is 0 Å². The lowest BCUT2D eigenvalue weighted by atomic mass is 10.3. The van der Waals surface area contributed by atoms with E-state index in [2.05, 4.69) is 45.9 Å². The van der Waals surface area contributed by atoms with Crippen LogP contribution in [-0.2, 0) is 13.0 Å². The highest BCUT2D eigenvalue weighted by Gasteiger charge is 2.03. The van der Waals surface area contributed by atoms with Crippen LogP contribution in [0.3, 0.4) is 0 Å². The van der Waals surface area contributed by atoms with Crippen LogP contribution in [0, 0.1) is 13.8 Å². The zero-order chi connectivity index (χ0) is 14.4. The number of guanidine groups is 1. The molecule has 2 aromatic heterocycles. The first kappa shape index (κ1) is 15.0. The Kier molecular flexibility index (Phi) is 5.55. The van der Waals surface area contributed by atoms with Gasteiger partial charge in [0.1, 0.15) is 0 Å². The number of hydrogen-bond acceptors (Lipinski definition) is 4. The maximum Gasteiger partial charge on any atom is 0.191 e. The van der Waals surface area contributed by atoms with E-state index < -0.39 is 0 Å². The Hall–Kier alpha value is -1.40. The number of aryl methyl sites for hydroxylation is 2. The van der Waals surface area contributed by atoms with Crippen molar-refractivity contribution in [1.29, 1.82) is 0 Å². The van der Waals surface area contributed by atoms with Crippen molar-refractivity contribution in [2.24, 2.45) is 4.99 Å². The first-order valence-corrected chi connectivity index (χ1v) is 8.27. The van der Waals surface area contributed by atoms with Gasteiger partial charge in [-0.15, -0.1) is 22.7 Å². The first-order valence-electron chi connectivity index (χ1n) is 6.58. The number of nitrogens with one attached hydrogen (secondary N) is 2. The third-order valence-electron chi connectivity index (χ3n) is 2.91. The molecule has 0 aliphatic rings. The highest BCUT2D eigenvalue weighted by molar-refractivity contribution is 7.11. The first-order chi connectivity index (χ1) is 9.69. The van der Waals surface area contributed by atoms with Crippen molar-refractivity contribution in [3.63, 3.8) is 0 Å². The summed E-state index contributed by atoms with van der Waals surface area (Å²) >= 11 is 3.52. The Morgan fingerprint density at radius 2 is 2.20 bits per heavy atom. The molecule has 0 fully saturated rings. The lowest BCUT2D eigenvalue weighted by Crippen LogP contribution is -2.37. The van der Waals surface area contributed by atoms with Crippen molar-refractivity contribution < 1.29 is 0 Å². The number of aliphatic imine (C=N–C) groups is 1. The third kappa shape index (κ3) is 4.31. The summed E-state index contributed by atoms with van der Waals surface area (Å²) in [7, 11) is 1.80. The van der Waals surface area contributed by atoms with Crippen LogP contribution >= 0.6 is 22.7 Å². The number of thiophene rings is 1. The predicted molar refractivity (Wildman–Crippen MR) is 87.8 cm³/mol. The van der Waals surface area contributed by atoms with Gasteiger partial charge in [-0.2, -0.15) is 0 Å². The predicted octanol–water partition coefficient (Wildman–Crippen LogP) is 2.73. The molecule has 2 rings (SSSR count). The Morgan fingerprint density at radius 3 is 2.80 bits per heavy atom. The summed E-state index contributed by atoms with van der Waals surface area (Å²) in [6.07, 6.45) is 2.85. The van der Waals surface area contributed by atoms with Gasteiger partial charge in [0.15, 0.2) is 5.96 Å². The molecule has 4 nitrogen and oxygen atoms in total. The van der Waals surface area contributed by atoms with Crippen LogP contribution in [0.4, 0.5) is 0 Å². The fourth-order valence-corrected chi connectivity index (χ4v) is 3.41. The lowest BCUT2D eigenvalue weighted by Gasteiger charge is -2.11. The minimum atomic E-state index is 0.819. The van der Waals surface area contributed by atoms with Crippen molar-refractivity contribution in [3.8, 4) is 0 Å². The molecule has 2 heterocycles. The molecule has 2 aromatic rings. The van der Waals surface area contributed by atoms with Gasteiger partial charge in [0.2, 0.25) is 0 Å². The summed E-state index contributed by atoms with van der Waals surface area (Å²) < 4.78 is 0. The maximum absolute atomic E-state index is 4.36. The monoisotopic (exact) mass is 308 g/mol. The van der Waals surface area contributed by atoms with Crippen molar-refractivity contribution in [1.82, 2.24) is 15.6 Å². The zero-order valence-electron chi connectivity index (χ0n) is 12.1. The molecule has 0 bridgehead atoms. The van der Waals surface area contributed by atoms with Gasteiger partial charge < -0.3 is 10.6 Å². The van der Waals surface area contributed by atoms with Crippen molar-refractivity contribution in [3.05, 3.63) is 38.0 Å². The summed E-state index contributed by atoms with van der Waals surface area (Å²) in [6, 6.07) is 2.14. The Morgan fingerprint density at radius 1 is 1.35 bits per heavy atom. The molecule has 0 radical (unpaired) electrons. The highest BCUT2D eigenvalue weighted by Crippen LogP contribution is 2.14. The molecule has 0 spiro atoms. The smallest absolute Gasteiger partial charge is 0.191 e. The van der Waals surface area contributed by atoms with E-state index in [0.29, 0.717) is 0 Å². The quantitative estimate of drug-likeness (QED) is 0.659. The van der Waals surface area contributed by atoms with E-state index in [1.165, 1.54) is 20.3 Å². The number of rotatable bonds is 5. The van der Waals surface area contributed by atoms with Crippen LogP contribution in [0.2, 0.25) is 0 Å². The van der Waals surface area contributed by atoms with E-state index in [1.807, 2.05) is 6.20 Å². The molecule has 0 aliphatic heterocycles. The Labute approximate surface area is 128 Å². The van der Waals surface area contributed by atoms with Gasteiger partial charge in [-0.25, -0.2) is 4.98 Å². The standard InChI is InChI=1S/C14H20N4S2/c1-10-5-7-19-12(10)9-18-14(15-3)16-6-4-13-17-8-11(2)20-13/h5,7-8H,4,6,9H2,1-3H3,(H2,15,16,18). The lowest BCUT2D eigenvalue weighted by molar-refractivity contribution is 0.795. The molecule has 0 amide bonds. The second-order valence-electron chi connectivity index (χ2n) is 4.49. The van der Waals surface area contributed by atoms with Crippen molar-refractivity contribution >= 4 is 28.6 Å². The molecule has 0 saturated heterocycles. The molecule has 0 aromatic carbocycles. The largest absolute Gasteiger partial charge is 0.356 e. The second-order valence-corrected chi connectivity index (χ2v) is 6.81. The fraction of sp³-hybridized carbons (Fsp3) is 0.429. The van der Waals surface area contributed by atoms with Crippen LogP contribution in [0.15, 0.2) is 22.6 Å². The summed E-state index contributed by atoms with van der Waals surface area (Å²) in [4.78, 5) is 11.2. The van der Waals surface area contributed by atoms with Crippen LogP contribution in [0.25, 0.3) is 0 Å². The number of thiazole rings is 1. The Balaban J connectivity index is 1.74. The van der Waals surface area contributed by atoms with E-state index in [1.54, 1.807) is 29.7 Å². The molecule has 0 atom stereocenters. The Bertz CT molecular complexity index is 571. The van der Waals surface area contributed by atoms with E-state index in [4.69, 9.17) is 0 Å². The van der Waals surface area contributed by atoms with Gasteiger partial charge in [-0.1, -0.05) is 0 Å². The van der Waals surface area contributed by atoms with Gasteiger partial charge in [-0.05, 0) is 30.9 Å². The van der Waals surface area contributed by atoms with Gasteiger partial charge in [-0.3, -0.25) is 4.99 Å². The summed E-state index contributed by atoms with van der Waals surface area (Å²) in [5.41, 5.74) is 1.33. The summed E-state index contributed by atoms with van der Waals surface area (Å²) in [5.74, 6) is 0.839. The van der Waals surface area contributed by atoms with Crippen LogP contribution < -0.4 is 10.6 Å². The van der Waals surface area contributed by atoms with Gasteiger partial charge in [0.05, 0.1) is 11.6 Å². The minimum Gasteiger partial charge on any atom is -0.356 e. The average molecular weight is 308 g/mol. The normalized spacial score (nSPS) is 11.7. The van der Waals surface area contributed by atoms with Crippen molar-refractivity contribution in [2.45, 2.75) is 26.8 Å². The topological polar surface area (TPSA) is 49.3 Å². The van der Waals surface area contributed by atoms with Crippen LogP contribution in [0.1, 0.15) is 20.3 Å². The molecule has 0 saturated carbocycles. The maximum atomic E-state index is 4.36. The summed E-state index contributed by atoms with van der Waals surface area (Å²) in [6.45, 7) is 5.88.